The molecule has 1 heterocycles. The van der Waals surface area contributed by atoms with Crippen LogP contribution in [0.2, 0.25) is 0 Å². The van der Waals surface area contributed by atoms with Crippen molar-refractivity contribution in [3.05, 3.63) is 23.0 Å². The van der Waals surface area contributed by atoms with E-state index in [9.17, 15) is 0 Å². The van der Waals surface area contributed by atoms with Gasteiger partial charge in [0.2, 0.25) is 0 Å². The van der Waals surface area contributed by atoms with E-state index >= 15 is 0 Å². The number of aromatic nitrogens is 2. The molecule has 0 saturated carbocycles. The smallest absolute Gasteiger partial charge is 0.178 e. The summed E-state index contributed by atoms with van der Waals surface area (Å²) in [5.41, 5.74) is 2.17. The van der Waals surface area contributed by atoms with Crippen molar-refractivity contribution in [2.24, 2.45) is 0 Å². The second-order valence-corrected chi connectivity index (χ2v) is 6.44. The molecule has 0 saturated heterocycles. The van der Waals surface area contributed by atoms with Gasteiger partial charge in [-0.05, 0) is 56.1 Å². The number of ether oxygens (including phenoxy) is 1. The third-order valence-corrected chi connectivity index (χ3v) is 4.57. The third kappa shape index (κ3) is 4.27. The first-order chi connectivity index (χ1) is 10.3. The lowest BCUT2D eigenvalue weighted by Gasteiger charge is -2.06. The van der Waals surface area contributed by atoms with Crippen LogP contribution >= 0.6 is 24.0 Å². The Hall–Kier alpha value is -0.940. The van der Waals surface area contributed by atoms with Gasteiger partial charge >= 0.3 is 0 Å². The van der Waals surface area contributed by atoms with E-state index in [1.54, 1.807) is 0 Å². The Labute approximate surface area is 136 Å². The number of aryl methyl sites for hydroxylation is 1. The number of fused-ring (bicyclic) bond motifs is 1. The number of hydrogen-bond donors (Lipinski definition) is 1. The molecule has 0 atom stereocenters. The average Bonchev–Trinajstić information content (AvgIpc) is 2.80. The molecule has 0 amide bonds. The summed E-state index contributed by atoms with van der Waals surface area (Å²) in [6, 6.07) is 6.13. The van der Waals surface area contributed by atoms with Crippen LogP contribution < -0.4 is 4.74 Å². The molecule has 0 spiro atoms. The standard InChI is InChI=1S/C16H24N2OS2/c1-3-19-14-10-8-9-13-15(14)17-16(20)18(13)11-6-4-5-7-12-21-2/h8-10H,3-7,11-12H2,1-2H3,(H,17,20). The van der Waals surface area contributed by atoms with Gasteiger partial charge in [-0.15, -0.1) is 0 Å². The molecule has 0 unspecified atom stereocenters. The quantitative estimate of drug-likeness (QED) is 0.519. The van der Waals surface area contributed by atoms with Crippen molar-refractivity contribution in [2.75, 3.05) is 18.6 Å². The summed E-state index contributed by atoms with van der Waals surface area (Å²) >= 11 is 7.39. The van der Waals surface area contributed by atoms with Gasteiger partial charge in [-0.1, -0.05) is 18.9 Å². The Balaban J connectivity index is 2.04. The normalized spacial score (nSPS) is 11.1. The molecule has 5 heteroatoms. The van der Waals surface area contributed by atoms with E-state index < -0.39 is 0 Å². The van der Waals surface area contributed by atoms with Crippen LogP contribution in [0.1, 0.15) is 32.6 Å². The van der Waals surface area contributed by atoms with Crippen LogP contribution in [0.4, 0.5) is 0 Å². The molecule has 2 aromatic rings. The number of imidazole rings is 1. The third-order valence-electron chi connectivity index (χ3n) is 3.55. The summed E-state index contributed by atoms with van der Waals surface area (Å²) in [6.45, 7) is 3.65. The Morgan fingerprint density at radius 3 is 2.81 bits per heavy atom. The predicted molar refractivity (Wildman–Crippen MR) is 95.1 cm³/mol. The number of hydrogen-bond acceptors (Lipinski definition) is 3. The largest absolute Gasteiger partial charge is 0.492 e. The van der Waals surface area contributed by atoms with E-state index in [0.717, 1.165) is 28.1 Å². The second-order valence-electron chi connectivity index (χ2n) is 5.07. The molecule has 1 aromatic carbocycles. The van der Waals surface area contributed by atoms with E-state index in [1.807, 2.05) is 30.8 Å². The molecule has 0 bridgehead atoms. The maximum absolute atomic E-state index is 5.66. The van der Waals surface area contributed by atoms with E-state index in [-0.39, 0.29) is 0 Å². The number of nitrogens with zero attached hydrogens (tertiary/aromatic N) is 1. The fraction of sp³-hybridized carbons (Fsp3) is 0.562. The van der Waals surface area contributed by atoms with Crippen molar-refractivity contribution >= 4 is 35.0 Å². The fourth-order valence-electron chi connectivity index (χ4n) is 2.52. The van der Waals surface area contributed by atoms with Gasteiger partial charge in [0.05, 0.1) is 12.1 Å². The summed E-state index contributed by atoms with van der Waals surface area (Å²) < 4.78 is 8.65. The minimum Gasteiger partial charge on any atom is -0.492 e. The van der Waals surface area contributed by atoms with Gasteiger partial charge in [0.1, 0.15) is 11.3 Å². The topological polar surface area (TPSA) is 29.9 Å². The molecule has 3 nitrogen and oxygen atoms in total. The lowest BCUT2D eigenvalue weighted by molar-refractivity contribution is 0.343. The van der Waals surface area contributed by atoms with E-state index in [1.165, 1.54) is 31.4 Å². The molecule has 21 heavy (non-hydrogen) atoms. The number of benzene rings is 1. The number of H-pyrrole nitrogens is 1. The van der Waals surface area contributed by atoms with E-state index in [4.69, 9.17) is 17.0 Å². The zero-order valence-electron chi connectivity index (χ0n) is 12.9. The van der Waals surface area contributed by atoms with Gasteiger partial charge in [0.15, 0.2) is 4.77 Å². The summed E-state index contributed by atoms with van der Waals surface area (Å²) in [7, 11) is 0. The summed E-state index contributed by atoms with van der Waals surface area (Å²) in [5.74, 6) is 2.16. The lowest BCUT2D eigenvalue weighted by Crippen LogP contribution is -1.98. The molecule has 0 aliphatic carbocycles. The molecule has 0 radical (unpaired) electrons. The minimum atomic E-state index is 0.667. The highest BCUT2D eigenvalue weighted by Crippen LogP contribution is 2.25. The first-order valence-corrected chi connectivity index (χ1v) is 9.41. The molecule has 1 aromatic heterocycles. The Morgan fingerprint density at radius 1 is 1.24 bits per heavy atom. The van der Waals surface area contributed by atoms with Crippen molar-refractivity contribution in [1.82, 2.24) is 9.55 Å². The maximum Gasteiger partial charge on any atom is 0.178 e. The van der Waals surface area contributed by atoms with Gasteiger partial charge in [-0.2, -0.15) is 11.8 Å². The zero-order chi connectivity index (χ0) is 15.1. The number of rotatable bonds is 9. The summed E-state index contributed by atoms with van der Waals surface area (Å²) in [4.78, 5) is 3.29. The van der Waals surface area contributed by atoms with Crippen LogP contribution in [0, 0.1) is 4.77 Å². The highest BCUT2D eigenvalue weighted by Gasteiger charge is 2.08. The molecular weight excluding hydrogens is 300 g/mol. The summed E-state index contributed by atoms with van der Waals surface area (Å²) in [6.07, 6.45) is 7.23. The SMILES string of the molecule is CCOc1cccc2c1[nH]c(=S)n2CCCCCCSC. The van der Waals surface area contributed by atoms with Gasteiger partial charge in [0.25, 0.3) is 0 Å². The zero-order valence-corrected chi connectivity index (χ0v) is 14.5. The van der Waals surface area contributed by atoms with Crippen LogP contribution in [0.3, 0.4) is 0 Å². The monoisotopic (exact) mass is 324 g/mol. The molecule has 2 rings (SSSR count). The highest BCUT2D eigenvalue weighted by atomic mass is 32.2. The Morgan fingerprint density at radius 2 is 2.05 bits per heavy atom. The highest BCUT2D eigenvalue weighted by molar-refractivity contribution is 7.98. The predicted octanol–water partition coefficient (Wildman–Crippen LogP) is 5.02. The average molecular weight is 325 g/mol. The van der Waals surface area contributed by atoms with Crippen molar-refractivity contribution in [1.29, 1.82) is 0 Å². The van der Waals surface area contributed by atoms with Gasteiger partial charge in [0, 0.05) is 6.54 Å². The van der Waals surface area contributed by atoms with Gasteiger partial charge in [-0.25, -0.2) is 0 Å². The van der Waals surface area contributed by atoms with Crippen LogP contribution in [0.15, 0.2) is 18.2 Å². The first kappa shape index (κ1) is 16.4. The van der Waals surface area contributed by atoms with Crippen LogP contribution in [0.25, 0.3) is 11.0 Å². The van der Waals surface area contributed by atoms with Gasteiger partial charge < -0.3 is 14.3 Å². The minimum absolute atomic E-state index is 0.667. The lowest BCUT2D eigenvalue weighted by atomic mass is 10.2. The van der Waals surface area contributed by atoms with Crippen LogP contribution in [-0.4, -0.2) is 28.2 Å². The molecule has 0 aliphatic rings. The maximum atomic E-state index is 5.66. The van der Waals surface area contributed by atoms with Crippen LogP contribution in [-0.2, 0) is 6.54 Å². The number of nitrogens with one attached hydrogen (secondary N) is 1. The molecular formula is C16H24N2OS2. The number of aromatic amines is 1. The van der Waals surface area contributed by atoms with Gasteiger partial charge in [-0.3, -0.25) is 0 Å². The number of thioether (sulfide) groups is 1. The van der Waals surface area contributed by atoms with Crippen molar-refractivity contribution in [3.8, 4) is 5.75 Å². The number of unbranched alkanes of at least 4 members (excludes halogenated alkanes) is 3. The van der Waals surface area contributed by atoms with E-state index in [0.29, 0.717) is 6.61 Å². The first-order valence-electron chi connectivity index (χ1n) is 7.61. The number of para-hydroxylation sites is 1. The van der Waals surface area contributed by atoms with E-state index in [2.05, 4.69) is 21.9 Å². The van der Waals surface area contributed by atoms with Crippen LogP contribution in [0.5, 0.6) is 5.75 Å². The molecule has 0 fully saturated rings. The second kappa shape index (κ2) is 8.49. The molecule has 0 aliphatic heterocycles. The Kier molecular flexibility index (Phi) is 6.64. The van der Waals surface area contributed by atoms with Crippen molar-refractivity contribution in [2.45, 2.75) is 39.2 Å². The molecule has 116 valence electrons. The van der Waals surface area contributed by atoms with Crippen molar-refractivity contribution < 1.29 is 4.74 Å². The fourth-order valence-corrected chi connectivity index (χ4v) is 3.31. The van der Waals surface area contributed by atoms with Crippen molar-refractivity contribution in [3.63, 3.8) is 0 Å². The summed E-state index contributed by atoms with van der Waals surface area (Å²) in [5, 5.41) is 0. The Bertz CT molecular complexity index is 618. The molecule has 1 N–H and O–H groups in total.